The number of nitrogens with one attached hydrogen (secondary N) is 1. The third kappa shape index (κ3) is 4.45. The van der Waals surface area contributed by atoms with Gasteiger partial charge in [-0.3, -0.25) is 0 Å². The molecule has 0 heterocycles. The van der Waals surface area contributed by atoms with Crippen molar-refractivity contribution in [2.75, 3.05) is 13.1 Å². The molecule has 0 bridgehead atoms. The molecular weight excluding hydrogens is 295 g/mol. The van der Waals surface area contributed by atoms with E-state index in [1.807, 2.05) is 0 Å². The van der Waals surface area contributed by atoms with Crippen LogP contribution in [0.4, 0.5) is 0 Å². The molecule has 3 N–H and O–H groups in total. The van der Waals surface area contributed by atoms with Gasteiger partial charge in [-0.2, -0.15) is 0 Å². The quantitative estimate of drug-likeness (QED) is 0.888. The molecule has 0 aliphatic heterocycles. The van der Waals surface area contributed by atoms with Gasteiger partial charge in [-0.25, -0.2) is 13.1 Å². The van der Waals surface area contributed by atoms with Gasteiger partial charge < -0.3 is 5.73 Å². The molecule has 0 saturated heterocycles. The van der Waals surface area contributed by atoms with Gasteiger partial charge in [0, 0.05) is 23.1 Å². The monoisotopic (exact) mass is 304 g/mol. The number of rotatable bonds is 4. The molecule has 4 nitrogen and oxygen atoms in total. The molecule has 92 valence electrons. The molecule has 1 aromatic rings. The van der Waals surface area contributed by atoms with Gasteiger partial charge in [0.1, 0.15) is 0 Å². The lowest BCUT2D eigenvalue weighted by molar-refractivity contribution is 0.582. The predicted molar refractivity (Wildman–Crippen MR) is 68.0 cm³/mol. The third-order valence-electron chi connectivity index (χ3n) is 1.58. The summed E-state index contributed by atoms with van der Waals surface area (Å²) < 4.78 is 25.5. The lowest BCUT2D eigenvalue weighted by Crippen LogP contribution is -2.29. The highest BCUT2D eigenvalue weighted by molar-refractivity contribution is 7.89. The average molecular weight is 306 g/mol. The molecule has 0 unspecified atom stereocenters. The van der Waals surface area contributed by atoms with Crippen molar-refractivity contribution in [1.82, 2.24) is 4.72 Å². The number of nitrogens with two attached hydrogens (primary N) is 1. The van der Waals surface area contributed by atoms with Crippen LogP contribution in [0.25, 0.3) is 0 Å². The summed E-state index contributed by atoms with van der Waals surface area (Å²) in [5.74, 6) is 0. The Labute approximate surface area is 111 Å². The molecule has 16 heavy (non-hydrogen) atoms. The molecule has 0 spiro atoms. The van der Waals surface area contributed by atoms with Gasteiger partial charge in [0.05, 0.1) is 4.90 Å². The summed E-state index contributed by atoms with van der Waals surface area (Å²) in [5.41, 5.74) is 5.19. The summed E-state index contributed by atoms with van der Waals surface area (Å²) in [6.45, 7) is 0.403. The molecule has 1 aromatic carbocycles. The Kier molecular flexibility index (Phi) is 6.62. The largest absolute Gasteiger partial charge is 0.329 e. The maximum Gasteiger partial charge on any atom is 0.240 e. The molecule has 0 saturated carbocycles. The van der Waals surface area contributed by atoms with E-state index in [-0.39, 0.29) is 40.4 Å². The Morgan fingerprint density at radius 1 is 1.19 bits per heavy atom. The van der Waals surface area contributed by atoms with Crippen molar-refractivity contribution >= 4 is 45.6 Å². The molecule has 0 atom stereocenters. The zero-order valence-corrected chi connectivity index (χ0v) is 11.3. The Morgan fingerprint density at radius 3 is 2.12 bits per heavy atom. The number of halogens is 3. The van der Waals surface area contributed by atoms with Crippen molar-refractivity contribution in [1.29, 1.82) is 0 Å². The Bertz CT molecular complexity index is 430. The van der Waals surface area contributed by atoms with E-state index in [1.165, 1.54) is 18.2 Å². The summed E-state index contributed by atoms with van der Waals surface area (Å²) in [6.07, 6.45) is 0. The van der Waals surface area contributed by atoms with Crippen molar-refractivity contribution in [3.63, 3.8) is 0 Å². The van der Waals surface area contributed by atoms with E-state index in [0.29, 0.717) is 0 Å². The van der Waals surface area contributed by atoms with Gasteiger partial charge in [0.25, 0.3) is 0 Å². The highest BCUT2D eigenvalue weighted by Crippen LogP contribution is 2.21. The summed E-state index contributed by atoms with van der Waals surface area (Å²) in [6, 6.07) is 4.11. The molecule has 1 rings (SSSR count). The fraction of sp³-hybridized carbons (Fsp3) is 0.250. The Balaban J connectivity index is 0.00000225. The molecule has 0 fully saturated rings. The first-order valence-corrected chi connectivity index (χ1v) is 6.35. The van der Waals surface area contributed by atoms with E-state index in [4.69, 9.17) is 28.9 Å². The lowest BCUT2D eigenvalue weighted by atomic mass is 10.4. The fourth-order valence-electron chi connectivity index (χ4n) is 0.960. The zero-order chi connectivity index (χ0) is 11.5. The van der Waals surface area contributed by atoms with Gasteiger partial charge >= 0.3 is 0 Å². The van der Waals surface area contributed by atoms with Crippen LogP contribution in [0.15, 0.2) is 23.1 Å². The van der Waals surface area contributed by atoms with Crippen molar-refractivity contribution in [2.24, 2.45) is 5.73 Å². The molecule has 8 heteroatoms. The molecule has 0 radical (unpaired) electrons. The van der Waals surface area contributed by atoms with E-state index in [9.17, 15) is 8.42 Å². The van der Waals surface area contributed by atoms with Crippen LogP contribution in [0.2, 0.25) is 10.0 Å². The van der Waals surface area contributed by atoms with Gasteiger partial charge in [-0.15, -0.1) is 12.4 Å². The first-order valence-electron chi connectivity index (χ1n) is 4.11. The van der Waals surface area contributed by atoms with Crippen molar-refractivity contribution in [3.8, 4) is 0 Å². The Hall–Kier alpha value is -0.0400. The Morgan fingerprint density at radius 2 is 1.69 bits per heavy atom. The summed E-state index contributed by atoms with van der Waals surface area (Å²) in [4.78, 5) is 0.0356. The van der Waals surface area contributed by atoms with Gasteiger partial charge in [0.2, 0.25) is 10.0 Å². The smallest absolute Gasteiger partial charge is 0.240 e. The second kappa shape index (κ2) is 6.64. The van der Waals surface area contributed by atoms with Crippen LogP contribution in [-0.4, -0.2) is 21.5 Å². The molecule has 0 aliphatic rings. The maximum atomic E-state index is 11.6. The highest BCUT2D eigenvalue weighted by Gasteiger charge is 2.14. The average Bonchev–Trinajstić information content (AvgIpc) is 2.13. The van der Waals surface area contributed by atoms with E-state index < -0.39 is 10.0 Å². The number of benzene rings is 1. The molecule has 0 aromatic heterocycles. The first-order chi connectivity index (χ1) is 6.95. The lowest BCUT2D eigenvalue weighted by Gasteiger charge is -2.06. The minimum atomic E-state index is -3.57. The minimum Gasteiger partial charge on any atom is -0.329 e. The highest BCUT2D eigenvalue weighted by atomic mass is 35.5. The second-order valence-corrected chi connectivity index (χ2v) is 5.43. The topological polar surface area (TPSA) is 72.2 Å². The number of sulfonamides is 1. The number of hydrogen-bond acceptors (Lipinski definition) is 3. The molecule has 0 amide bonds. The van der Waals surface area contributed by atoms with E-state index >= 15 is 0 Å². The van der Waals surface area contributed by atoms with Crippen LogP contribution in [0.3, 0.4) is 0 Å². The standard InChI is InChI=1S/C8H10Cl2N2O2S.ClH/c9-6-3-7(10)5-8(4-6)15(13,14)12-2-1-11;/h3-5,12H,1-2,11H2;1H. The van der Waals surface area contributed by atoms with E-state index in [0.717, 1.165) is 0 Å². The third-order valence-corrected chi connectivity index (χ3v) is 3.46. The van der Waals surface area contributed by atoms with Crippen LogP contribution >= 0.6 is 35.6 Å². The van der Waals surface area contributed by atoms with E-state index in [1.54, 1.807) is 0 Å². The molecule has 0 aliphatic carbocycles. The minimum absolute atomic E-state index is 0. The van der Waals surface area contributed by atoms with E-state index in [2.05, 4.69) is 4.72 Å². The van der Waals surface area contributed by atoms with Crippen LogP contribution < -0.4 is 10.5 Å². The maximum absolute atomic E-state index is 11.6. The normalized spacial score (nSPS) is 10.9. The predicted octanol–water partition coefficient (Wildman–Crippen LogP) is 1.65. The van der Waals surface area contributed by atoms with Crippen LogP contribution in [0.5, 0.6) is 0 Å². The fourth-order valence-corrected chi connectivity index (χ4v) is 2.73. The van der Waals surface area contributed by atoms with Crippen LogP contribution in [0.1, 0.15) is 0 Å². The van der Waals surface area contributed by atoms with Crippen LogP contribution in [-0.2, 0) is 10.0 Å². The second-order valence-electron chi connectivity index (χ2n) is 2.79. The summed E-state index contributed by atoms with van der Waals surface area (Å²) in [5, 5.41) is 0.547. The SMILES string of the molecule is Cl.NCCNS(=O)(=O)c1cc(Cl)cc(Cl)c1. The van der Waals surface area contributed by atoms with Gasteiger partial charge in [-0.05, 0) is 18.2 Å². The van der Waals surface area contributed by atoms with Gasteiger partial charge in [-0.1, -0.05) is 23.2 Å². The molecular formula is C8H11Cl3N2O2S. The summed E-state index contributed by atoms with van der Waals surface area (Å²) in [7, 11) is -3.57. The zero-order valence-electron chi connectivity index (χ0n) is 8.11. The van der Waals surface area contributed by atoms with Crippen molar-refractivity contribution < 1.29 is 8.42 Å². The van der Waals surface area contributed by atoms with Crippen molar-refractivity contribution in [2.45, 2.75) is 4.90 Å². The number of hydrogen-bond donors (Lipinski definition) is 2. The summed E-state index contributed by atoms with van der Waals surface area (Å²) >= 11 is 11.4. The van der Waals surface area contributed by atoms with Gasteiger partial charge in [0.15, 0.2) is 0 Å². The van der Waals surface area contributed by atoms with Crippen molar-refractivity contribution in [3.05, 3.63) is 28.2 Å². The first kappa shape index (κ1) is 16.0. The van der Waals surface area contributed by atoms with Crippen LogP contribution in [0, 0.1) is 0 Å².